The van der Waals surface area contributed by atoms with Crippen molar-refractivity contribution < 1.29 is 24.5 Å². The van der Waals surface area contributed by atoms with Crippen LogP contribution in [0.3, 0.4) is 0 Å². The van der Waals surface area contributed by atoms with Crippen LogP contribution in [0.15, 0.2) is 132 Å². The molecule has 3 aromatic heterocycles. The van der Waals surface area contributed by atoms with Gasteiger partial charge in [-0.25, -0.2) is 0 Å². The molecule has 0 spiro atoms. The Morgan fingerprint density at radius 3 is 2.08 bits per heavy atom. The molecule has 0 unspecified atom stereocenters. The summed E-state index contributed by atoms with van der Waals surface area (Å²) in [6.07, 6.45) is 3.59. The maximum atomic E-state index is 6.02. The minimum absolute atomic E-state index is 0. The van der Waals surface area contributed by atoms with Crippen molar-refractivity contribution in [3.8, 4) is 33.6 Å². The predicted octanol–water partition coefficient (Wildman–Crippen LogP) is 8.97. The SMILES string of the molecule is Cc1ccc2oc3c(-c4ccccn4)[c-]ccc3c2c1.[Ir].[c-]1ccc(-c2ccccc2)cc1-c1ccccn1. The molecule has 0 amide bonds. The van der Waals surface area contributed by atoms with Gasteiger partial charge in [-0.15, -0.1) is 53.6 Å². The summed E-state index contributed by atoms with van der Waals surface area (Å²) >= 11 is 0. The summed E-state index contributed by atoms with van der Waals surface area (Å²) in [5.41, 5.74) is 9.17. The molecule has 7 aromatic rings. The number of pyridine rings is 2. The van der Waals surface area contributed by atoms with Crippen LogP contribution in [0.2, 0.25) is 0 Å². The Bertz CT molecular complexity index is 1760. The van der Waals surface area contributed by atoms with Crippen LogP contribution in [0.5, 0.6) is 0 Å². The molecule has 0 aliphatic rings. The zero-order valence-electron chi connectivity index (χ0n) is 21.3. The van der Waals surface area contributed by atoms with Crippen LogP contribution in [0.1, 0.15) is 5.56 Å². The molecule has 0 aliphatic carbocycles. The summed E-state index contributed by atoms with van der Waals surface area (Å²) in [4.78, 5) is 8.75. The average molecular weight is 681 g/mol. The number of hydrogen-bond acceptors (Lipinski definition) is 3. The van der Waals surface area contributed by atoms with E-state index in [1.165, 1.54) is 16.7 Å². The van der Waals surface area contributed by atoms with E-state index in [1.807, 2.05) is 78.9 Å². The van der Waals surface area contributed by atoms with Crippen LogP contribution in [0, 0.1) is 19.1 Å². The summed E-state index contributed by atoms with van der Waals surface area (Å²) in [7, 11) is 0. The van der Waals surface area contributed by atoms with E-state index in [9.17, 15) is 0 Å². The molecule has 0 aliphatic heterocycles. The monoisotopic (exact) mass is 681 g/mol. The zero-order chi connectivity index (χ0) is 25.7. The third-order valence-corrected chi connectivity index (χ3v) is 6.36. The Labute approximate surface area is 241 Å². The molecule has 0 fully saturated rings. The molecular formula is C35H24IrN2O-2. The van der Waals surface area contributed by atoms with Crippen LogP contribution in [-0.4, -0.2) is 9.97 Å². The maximum Gasteiger partial charge on any atom is 0.120 e. The largest absolute Gasteiger partial charge is 0.501 e. The quantitative estimate of drug-likeness (QED) is 0.175. The first-order chi connectivity index (χ1) is 18.8. The van der Waals surface area contributed by atoms with Crippen LogP contribution >= 0.6 is 0 Å². The normalized spacial score (nSPS) is 10.5. The second-order valence-corrected chi connectivity index (χ2v) is 8.98. The van der Waals surface area contributed by atoms with Crippen LogP contribution in [0.4, 0.5) is 0 Å². The van der Waals surface area contributed by atoms with E-state index >= 15 is 0 Å². The molecule has 7 rings (SSSR count). The summed E-state index contributed by atoms with van der Waals surface area (Å²) in [5, 5.41) is 2.26. The summed E-state index contributed by atoms with van der Waals surface area (Å²) in [6.45, 7) is 2.09. The summed E-state index contributed by atoms with van der Waals surface area (Å²) in [5.74, 6) is 0. The maximum absolute atomic E-state index is 6.02. The van der Waals surface area contributed by atoms with Crippen molar-refractivity contribution in [1.82, 2.24) is 9.97 Å². The van der Waals surface area contributed by atoms with Gasteiger partial charge in [-0.3, -0.25) is 0 Å². The first-order valence-corrected chi connectivity index (χ1v) is 12.5. The van der Waals surface area contributed by atoms with Crippen molar-refractivity contribution in [3.63, 3.8) is 0 Å². The van der Waals surface area contributed by atoms with Gasteiger partial charge in [-0.2, -0.15) is 0 Å². The van der Waals surface area contributed by atoms with Gasteiger partial charge in [0, 0.05) is 37.9 Å². The number of aromatic nitrogens is 2. The number of rotatable bonds is 3. The average Bonchev–Trinajstić information content (AvgIpc) is 3.37. The van der Waals surface area contributed by atoms with E-state index < -0.39 is 0 Å². The fraction of sp³-hybridized carbons (Fsp3) is 0.0286. The number of hydrogen-bond donors (Lipinski definition) is 0. The Balaban J connectivity index is 0.000000155. The standard InChI is InChI=1S/C18H12NO.C17H12N.Ir/c1-12-8-9-17-15(11-12)13-5-4-6-14(18(13)20-17)16-7-2-3-10-19-16;1-2-7-14(8-3-1)15-9-6-10-16(13-15)17-11-4-5-12-18-17;/h2-5,7-11H,1H3;1-9,11-13H;/q2*-1;. The molecule has 0 bridgehead atoms. The fourth-order valence-corrected chi connectivity index (χ4v) is 4.50. The first kappa shape index (κ1) is 26.2. The summed E-state index contributed by atoms with van der Waals surface area (Å²) in [6, 6.07) is 45.0. The Morgan fingerprint density at radius 1 is 0.615 bits per heavy atom. The molecule has 4 heteroatoms. The van der Waals surface area contributed by atoms with Crippen molar-refractivity contribution in [2.75, 3.05) is 0 Å². The minimum atomic E-state index is 0. The van der Waals surface area contributed by atoms with Crippen molar-refractivity contribution in [2.24, 2.45) is 0 Å². The van der Waals surface area contributed by atoms with E-state index in [0.29, 0.717) is 0 Å². The molecule has 0 atom stereocenters. The number of fused-ring (bicyclic) bond motifs is 3. The van der Waals surface area contributed by atoms with E-state index in [4.69, 9.17) is 4.42 Å². The Kier molecular flexibility index (Phi) is 8.07. The smallest absolute Gasteiger partial charge is 0.120 e. The minimum Gasteiger partial charge on any atom is -0.501 e. The molecular weight excluding hydrogens is 657 g/mol. The van der Waals surface area contributed by atoms with Crippen molar-refractivity contribution in [1.29, 1.82) is 0 Å². The number of furan rings is 1. The van der Waals surface area contributed by atoms with Gasteiger partial charge < -0.3 is 14.4 Å². The number of benzene rings is 4. The van der Waals surface area contributed by atoms with E-state index in [1.54, 1.807) is 12.4 Å². The second-order valence-electron chi connectivity index (χ2n) is 8.98. The Morgan fingerprint density at radius 2 is 1.33 bits per heavy atom. The first-order valence-electron chi connectivity index (χ1n) is 12.5. The number of aryl methyl sites for hydroxylation is 1. The van der Waals surface area contributed by atoms with Crippen molar-refractivity contribution in [2.45, 2.75) is 6.92 Å². The zero-order valence-corrected chi connectivity index (χ0v) is 23.7. The molecule has 3 heterocycles. The van der Waals surface area contributed by atoms with Gasteiger partial charge in [-0.05, 0) is 48.1 Å². The molecule has 4 aromatic carbocycles. The summed E-state index contributed by atoms with van der Waals surface area (Å²) < 4.78 is 6.02. The molecule has 191 valence electrons. The molecule has 0 saturated carbocycles. The third kappa shape index (κ3) is 5.73. The molecule has 3 nitrogen and oxygen atoms in total. The van der Waals surface area contributed by atoms with E-state index in [-0.39, 0.29) is 20.1 Å². The van der Waals surface area contributed by atoms with Gasteiger partial charge in [0.1, 0.15) is 5.58 Å². The fourth-order valence-electron chi connectivity index (χ4n) is 4.50. The Hall–Kier alpha value is -4.37. The topological polar surface area (TPSA) is 38.9 Å². The van der Waals surface area contributed by atoms with E-state index in [0.717, 1.165) is 44.5 Å². The van der Waals surface area contributed by atoms with Gasteiger partial charge in [0.2, 0.25) is 0 Å². The van der Waals surface area contributed by atoms with Crippen LogP contribution in [-0.2, 0) is 20.1 Å². The molecule has 0 saturated heterocycles. The van der Waals surface area contributed by atoms with Gasteiger partial charge in [0.25, 0.3) is 0 Å². The van der Waals surface area contributed by atoms with Gasteiger partial charge in [0.05, 0.1) is 5.58 Å². The van der Waals surface area contributed by atoms with E-state index in [2.05, 4.69) is 65.4 Å². The number of nitrogens with zero attached hydrogens (tertiary/aromatic N) is 2. The van der Waals surface area contributed by atoms with Crippen molar-refractivity contribution in [3.05, 3.63) is 145 Å². The molecule has 0 N–H and O–H groups in total. The van der Waals surface area contributed by atoms with Gasteiger partial charge >= 0.3 is 0 Å². The van der Waals surface area contributed by atoms with Crippen molar-refractivity contribution >= 4 is 21.9 Å². The van der Waals surface area contributed by atoms with Gasteiger partial charge in [-0.1, -0.05) is 77.2 Å². The van der Waals surface area contributed by atoms with Gasteiger partial charge in [0.15, 0.2) is 0 Å². The predicted molar refractivity (Wildman–Crippen MR) is 154 cm³/mol. The van der Waals surface area contributed by atoms with Crippen LogP contribution < -0.4 is 0 Å². The molecule has 39 heavy (non-hydrogen) atoms. The second kappa shape index (κ2) is 12.0. The third-order valence-electron chi connectivity index (χ3n) is 6.36. The molecule has 1 radical (unpaired) electrons. The van der Waals surface area contributed by atoms with Crippen LogP contribution in [0.25, 0.3) is 55.6 Å².